The van der Waals surface area contributed by atoms with Gasteiger partial charge >= 0.3 is 0 Å². The van der Waals surface area contributed by atoms with Gasteiger partial charge in [-0.2, -0.15) is 0 Å². The van der Waals surface area contributed by atoms with Gasteiger partial charge in [0.2, 0.25) is 5.91 Å². The van der Waals surface area contributed by atoms with Crippen molar-refractivity contribution in [2.45, 2.75) is 52.1 Å². The van der Waals surface area contributed by atoms with Crippen LogP contribution >= 0.6 is 0 Å². The predicted molar refractivity (Wildman–Crippen MR) is 78.5 cm³/mol. The third-order valence-electron chi connectivity index (χ3n) is 3.94. The molecule has 0 unspecified atom stereocenters. The van der Waals surface area contributed by atoms with E-state index in [4.69, 9.17) is 5.73 Å². The molecular weight excluding hydrogens is 236 g/mol. The van der Waals surface area contributed by atoms with Crippen molar-refractivity contribution in [3.8, 4) is 0 Å². The lowest BCUT2D eigenvalue weighted by atomic mass is 10.0. The number of nitrogens with two attached hydrogens (primary N) is 1. The van der Waals surface area contributed by atoms with Crippen LogP contribution in [0.4, 0.5) is 5.69 Å². The van der Waals surface area contributed by atoms with Crippen LogP contribution in [0.1, 0.15) is 45.1 Å². The minimum atomic E-state index is 0.175. The minimum absolute atomic E-state index is 0.175. The van der Waals surface area contributed by atoms with Crippen molar-refractivity contribution in [2.75, 3.05) is 5.73 Å². The van der Waals surface area contributed by atoms with Crippen molar-refractivity contribution in [1.82, 2.24) is 4.90 Å². The zero-order valence-corrected chi connectivity index (χ0v) is 11.9. The summed E-state index contributed by atoms with van der Waals surface area (Å²) in [7, 11) is 0. The Morgan fingerprint density at radius 1 is 1.26 bits per heavy atom. The molecule has 0 heterocycles. The first-order valence-corrected chi connectivity index (χ1v) is 7.30. The number of nitrogen functional groups attached to an aromatic ring is 1. The number of carbonyl (C=O) groups is 1. The lowest BCUT2D eigenvalue weighted by molar-refractivity contribution is -0.137. The van der Waals surface area contributed by atoms with Crippen molar-refractivity contribution >= 4 is 11.6 Å². The van der Waals surface area contributed by atoms with E-state index in [-0.39, 0.29) is 5.92 Å². The fourth-order valence-electron chi connectivity index (χ4n) is 2.47. The Morgan fingerprint density at radius 3 is 2.32 bits per heavy atom. The Kier molecular flexibility index (Phi) is 4.46. The molecule has 2 N–H and O–H groups in total. The summed E-state index contributed by atoms with van der Waals surface area (Å²) in [5.74, 6) is 0.499. The van der Waals surface area contributed by atoms with Crippen LogP contribution in [0.25, 0.3) is 0 Å². The van der Waals surface area contributed by atoms with Crippen molar-refractivity contribution in [3.63, 3.8) is 0 Å². The molecular formula is C16H24N2O. The molecule has 0 bridgehead atoms. The molecule has 2 rings (SSSR count). The van der Waals surface area contributed by atoms with Gasteiger partial charge in [0.05, 0.1) is 0 Å². The predicted octanol–water partition coefficient (Wildman–Crippen LogP) is 3.20. The van der Waals surface area contributed by atoms with Crippen molar-refractivity contribution in [1.29, 1.82) is 0 Å². The molecule has 1 aromatic rings. The lowest BCUT2D eigenvalue weighted by Gasteiger charge is -2.26. The molecule has 3 nitrogen and oxygen atoms in total. The number of hydrogen-bond donors (Lipinski definition) is 1. The third-order valence-corrected chi connectivity index (χ3v) is 3.94. The first kappa shape index (κ1) is 13.9. The molecule has 0 saturated heterocycles. The highest BCUT2D eigenvalue weighted by atomic mass is 16.2. The molecule has 1 aliphatic rings. The molecule has 19 heavy (non-hydrogen) atoms. The molecule has 0 aromatic heterocycles. The Labute approximate surface area is 115 Å². The van der Waals surface area contributed by atoms with Gasteiger partial charge in [-0.25, -0.2) is 0 Å². The summed E-state index contributed by atoms with van der Waals surface area (Å²) >= 11 is 0. The summed E-state index contributed by atoms with van der Waals surface area (Å²) in [6.45, 7) is 4.92. The third kappa shape index (κ3) is 3.49. The molecule has 0 radical (unpaired) electrons. The van der Waals surface area contributed by atoms with Crippen LogP contribution in [-0.2, 0) is 11.3 Å². The normalized spacial score (nSPS) is 14.7. The second-order valence-electron chi connectivity index (χ2n) is 5.45. The number of amides is 1. The quantitative estimate of drug-likeness (QED) is 0.798. The van der Waals surface area contributed by atoms with Crippen LogP contribution < -0.4 is 5.73 Å². The topological polar surface area (TPSA) is 46.3 Å². The van der Waals surface area contributed by atoms with Crippen molar-refractivity contribution < 1.29 is 4.79 Å². The molecule has 104 valence electrons. The second kappa shape index (κ2) is 6.09. The van der Waals surface area contributed by atoms with Gasteiger partial charge in [0, 0.05) is 24.2 Å². The van der Waals surface area contributed by atoms with E-state index in [2.05, 4.69) is 18.7 Å². The highest BCUT2D eigenvalue weighted by Gasteiger charge is 2.34. The fraction of sp³-hybridized carbons (Fsp3) is 0.562. The summed E-state index contributed by atoms with van der Waals surface area (Å²) in [5.41, 5.74) is 7.64. The second-order valence-corrected chi connectivity index (χ2v) is 5.45. The highest BCUT2D eigenvalue weighted by molar-refractivity contribution is 5.79. The monoisotopic (exact) mass is 260 g/mol. The van der Waals surface area contributed by atoms with Gasteiger partial charge in [0.15, 0.2) is 0 Å². The minimum Gasteiger partial charge on any atom is -0.399 e. The average Bonchev–Trinajstić information content (AvgIpc) is 3.23. The molecule has 3 heteroatoms. The van der Waals surface area contributed by atoms with Crippen LogP contribution in [0, 0.1) is 5.92 Å². The van der Waals surface area contributed by atoms with E-state index in [0.717, 1.165) is 37.9 Å². The number of nitrogens with zero attached hydrogens (tertiary/aromatic N) is 1. The molecule has 1 saturated carbocycles. The van der Waals surface area contributed by atoms with Gasteiger partial charge in [0.1, 0.15) is 0 Å². The van der Waals surface area contributed by atoms with E-state index >= 15 is 0 Å². The Morgan fingerprint density at radius 2 is 1.84 bits per heavy atom. The standard InChI is InChI=1S/C16H24N2O/c1-3-13(4-2)16(19)18(15-9-10-15)11-12-5-7-14(17)8-6-12/h5-8,13,15H,3-4,9-11,17H2,1-2H3. The van der Waals surface area contributed by atoms with E-state index < -0.39 is 0 Å². The SMILES string of the molecule is CCC(CC)C(=O)N(Cc1ccc(N)cc1)C1CC1. The molecule has 1 aliphatic carbocycles. The number of anilines is 1. The van der Waals surface area contributed by atoms with Crippen LogP contribution in [0.5, 0.6) is 0 Å². The van der Waals surface area contributed by atoms with Gasteiger partial charge < -0.3 is 10.6 Å². The molecule has 1 amide bonds. The number of carbonyl (C=O) groups excluding carboxylic acids is 1. The Hall–Kier alpha value is -1.51. The Balaban J connectivity index is 2.08. The molecule has 1 fully saturated rings. The highest BCUT2D eigenvalue weighted by Crippen LogP contribution is 2.30. The lowest BCUT2D eigenvalue weighted by Crippen LogP contribution is -2.37. The molecule has 1 aromatic carbocycles. The molecule has 0 spiro atoms. The van der Waals surface area contributed by atoms with Gasteiger partial charge in [-0.3, -0.25) is 4.79 Å². The summed E-state index contributed by atoms with van der Waals surface area (Å²) < 4.78 is 0. The van der Waals surface area contributed by atoms with Gasteiger partial charge in [-0.15, -0.1) is 0 Å². The maximum Gasteiger partial charge on any atom is 0.226 e. The van der Waals surface area contributed by atoms with Crippen LogP contribution in [0.15, 0.2) is 24.3 Å². The van der Waals surface area contributed by atoms with E-state index in [1.165, 1.54) is 5.56 Å². The molecule has 0 aliphatic heterocycles. The summed E-state index contributed by atoms with van der Waals surface area (Å²) in [5, 5.41) is 0. The maximum atomic E-state index is 12.6. The van der Waals surface area contributed by atoms with Crippen LogP contribution in [0.3, 0.4) is 0 Å². The average molecular weight is 260 g/mol. The van der Waals surface area contributed by atoms with Gasteiger partial charge in [0.25, 0.3) is 0 Å². The summed E-state index contributed by atoms with van der Waals surface area (Å²) in [6, 6.07) is 8.31. The zero-order valence-electron chi connectivity index (χ0n) is 11.9. The first-order chi connectivity index (χ1) is 9.15. The van der Waals surface area contributed by atoms with Gasteiger partial charge in [-0.1, -0.05) is 26.0 Å². The first-order valence-electron chi connectivity index (χ1n) is 7.30. The van der Waals surface area contributed by atoms with E-state index in [9.17, 15) is 4.79 Å². The van der Waals surface area contributed by atoms with E-state index in [1.54, 1.807) is 0 Å². The number of hydrogen-bond acceptors (Lipinski definition) is 2. The maximum absolute atomic E-state index is 12.6. The van der Waals surface area contributed by atoms with E-state index in [0.29, 0.717) is 11.9 Å². The van der Waals surface area contributed by atoms with Crippen LogP contribution in [0.2, 0.25) is 0 Å². The van der Waals surface area contributed by atoms with Gasteiger partial charge in [-0.05, 0) is 43.4 Å². The summed E-state index contributed by atoms with van der Waals surface area (Å²) in [4.78, 5) is 14.6. The fourth-order valence-corrected chi connectivity index (χ4v) is 2.47. The van der Waals surface area contributed by atoms with E-state index in [1.807, 2.05) is 24.3 Å². The largest absolute Gasteiger partial charge is 0.399 e. The Bertz CT molecular complexity index is 419. The van der Waals surface area contributed by atoms with Crippen molar-refractivity contribution in [2.24, 2.45) is 5.92 Å². The number of rotatable bonds is 6. The smallest absolute Gasteiger partial charge is 0.226 e. The van der Waals surface area contributed by atoms with Crippen LogP contribution in [-0.4, -0.2) is 16.8 Å². The zero-order chi connectivity index (χ0) is 13.8. The molecule has 0 atom stereocenters. The van der Waals surface area contributed by atoms with Crippen molar-refractivity contribution in [3.05, 3.63) is 29.8 Å². The number of benzene rings is 1. The summed E-state index contributed by atoms with van der Waals surface area (Å²) in [6.07, 6.45) is 4.17.